The Morgan fingerprint density at radius 1 is 0.919 bits per heavy atom. The molecule has 186 valence electrons. The molecular formula is C31H30N4O2. The lowest BCUT2D eigenvalue weighted by molar-refractivity contribution is -0.122. The third-order valence-electron chi connectivity index (χ3n) is 7.11. The number of nitrogens with one attached hydrogen (secondary N) is 2. The number of hydrazone groups is 1. The molecule has 37 heavy (non-hydrogen) atoms. The van der Waals surface area contributed by atoms with Crippen LogP contribution in [0.4, 0.5) is 5.69 Å². The molecule has 0 bridgehead atoms. The Kier molecular flexibility index (Phi) is 6.82. The highest BCUT2D eigenvalue weighted by Crippen LogP contribution is 2.28. The Balaban J connectivity index is 1.39. The van der Waals surface area contributed by atoms with E-state index in [4.69, 9.17) is 4.98 Å². The third kappa shape index (κ3) is 5.28. The molecule has 1 aliphatic rings. The van der Waals surface area contributed by atoms with Crippen molar-refractivity contribution in [3.63, 3.8) is 0 Å². The van der Waals surface area contributed by atoms with Gasteiger partial charge in [-0.2, -0.15) is 5.10 Å². The van der Waals surface area contributed by atoms with Crippen LogP contribution in [0.1, 0.15) is 53.2 Å². The summed E-state index contributed by atoms with van der Waals surface area (Å²) in [4.78, 5) is 30.4. The highest BCUT2D eigenvalue weighted by atomic mass is 16.2. The summed E-state index contributed by atoms with van der Waals surface area (Å²) < 4.78 is 0. The predicted octanol–water partition coefficient (Wildman–Crippen LogP) is 6.41. The second-order valence-electron chi connectivity index (χ2n) is 9.71. The molecule has 1 aromatic heterocycles. The Morgan fingerprint density at radius 2 is 1.73 bits per heavy atom. The van der Waals surface area contributed by atoms with Crippen LogP contribution in [-0.2, 0) is 4.79 Å². The molecule has 1 fully saturated rings. The molecule has 1 saturated carbocycles. The molecule has 0 radical (unpaired) electrons. The minimum absolute atomic E-state index is 0.0652. The Labute approximate surface area is 216 Å². The van der Waals surface area contributed by atoms with Crippen molar-refractivity contribution in [2.24, 2.45) is 11.0 Å². The second-order valence-corrected chi connectivity index (χ2v) is 9.71. The summed E-state index contributed by atoms with van der Waals surface area (Å²) >= 11 is 0. The number of hydrogen-bond acceptors (Lipinski definition) is 4. The molecule has 4 aromatic rings. The van der Waals surface area contributed by atoms with E-state index >= 15 is 0 Å². The number of carbonyl (C=O) groups is 2. The van der Waals surface area contributed by atoms with Crippen LogP contribution in [0, 0.1) is 19.8 Å². The van der Waals surface area contributed by atoms with Crippen LogP contribution >= 0.6 is 0 Å². The number of fused-ring (bicyclic) bond motifs is 1. The Morgan fingerprint density at radius 3 is 2.49 bits per heavy atom. The van der Waals surface area contributed by atoms with Crippen molar-refractivity contribution in [3.8, 4) is 11.3 Å². The van der Waals surface area contributed by atoms with E-state index in [9.17, 15) is 9.59 Å². The first-order chi connectivity index (χ1) is 17.9. The van der Waals surface area contributed by atoms with Gasteiger partial charge in [-0.1, -0.05) is 48.9 Å². The van der Waals surface area contributed by atoms with Crippen LogP contribution in [0.25, 0.3) is 22.2 Å². The van der Waals surface area contributed by atoms with Crippen molar-refractivity contribution in [2.75, 3.05) is 5.32 Å². The van der Waals surface area contributed by atoms with Crippen LogP contribution in [0.15, 0.2) is 77.9 Å². The van der Waals surface area contributed by atoms with E-state index in [1.165, 1.54) is 11.1 Å². The Bertz CT molecular complexity index is 1540. The number of nitrogens with zero attached hydrogens (tertiary/aromatic N) is 2. The third-order valence-corrected chi connectivity index (χ3v) is 7.11. The summed E-state index contributed by atoms with van der Waals surface area (Å²) in [7, 11) is 0. The number of aromatic nitrogens is 1. The molecule has 6 nitrogen and oxygen atoms in total. The van der Waals surface area contributed by atoms with Gasteiger partial charge in [0.15, 0.2) is 0 Å². The summed E-state index contributed by atoms with van der Waals surface area (Å²) in [5, 5.41) is 8.13. The second kappa shape index (κ2) is 10.3. The predicted molar refractivity (Wildman–Crippen MR) is 149 cm³/mol. The SMILES string of the molecule is C/C(=N/NC(=O)c1cc(-c2ccc(C)c(C)c2)nc2ccccc12)c1cccc(NC(=O)C2CCC2)c1. The van der Waals surface area contributed by atoms with E-state index in [2.05, 4.69) is 41.8 Å². The van der Waals surface area contributed by atoms with Crippen molar-refractivity contribution in [2.45, 2.75) is 40.0 Å². The number of aryl methyl sites for hydroxylation is 2. The van der Waals surface area contributed by atoms with E-state index in [0.29, 0.717) is 11.3 Å². The smallest absolute Gasteiger partial charge is 0.272 e. The average Bonchev–Trinajstić information content (AvgIpc) is 2.87. The zero-order valence-electron chi connectivity index (χ0n) is 21.3. The number of pyridine rings is 1. The van der Waals surface area contributed by atoms with Crippen molar-refractivity contribution in [3.05, 3.63) is 95.1 Å². The largest absolute Gasteiger partial charge is 0.326 e. The summed E-state index contributed by atoms with van der Waals surface area (Å²) in [6.45, 7) is 5.97. The Hall–Kier alpha value is -4.32. The maximum atomic E-state index is 13.3. The molecule has 0 spiro atoms. The first-order valence-electron chi connectivity index (χ1n) is 12.6. The van der Waals surface area contributed by atoms with Gasteiger partial charge in [-0.3, -0.25) is 9.59 Å². The molecular weight excluding hydrogens is 460 g/mol. The maximum Gasteiger partial charge on any atom is 0.272 e. The van der Waals surface area contributed by atoms with E-state index < -0.39 is 0 Å². The van der Waals surface area contributed by atoms with Crippen molar-refractivity contribution in [1.82, 2.24) is 10.4 Å². The van der Waals surface area contributed by atoms with E-state index in [1.54, 1.807) is 0 Å². The molecule has 0 unspecified atom stereocenters. The van der Waals surface area contributed by atoms with E-state index in [1.807, 2.05) is 67.6 Å². The molecule has 0 saturated heterocycles. The molecule has 3 aromatic carbocycles. The van der Waals surface area contributed by atoms with Crippen LogP contribution < -0.4 is 10.7 Å². The van der Waals surface area contributed by atoms with E-state index in [-0.39, 0.29) is 17.7 Å². The lowest BCUT2D eigenvalue weighted by Crippen LogP contribution is -2.28. The van der Waals surface area contributed by atoms with Crippen molar-refractivity contribution >= 4 is 34.1 Å². The van der Waals surface area contributed by atoms with Crippen LogP contribution in [0.2, 0.25) is 0 Å². The first kappa shape index (κ1) is 24.4. The van der Waals surface area contributed by atoms with Gasteiger partial charge in [0.2, 0.25) is 5.91 Å². The number of amides is 2. The maximum absolute atomic E-state index is 13.3. The van der Waals surface area contributed by atoms with Gasteiger partial charge in [0.05, 0.1) is 22.5 Å². The monoisotopic (exact) mass is 490 g/mol. The fourth-order valence-corrected chi connectivity index (χ4v) is 4.41. The fraction of sp³-hybridized carbons (Fsp3) is 0.226. The fourth-order valence-electron chi connectivity index (χ4n) is 4.41. The molecule has 0 atom stereocenters. The number of carbonyl (C=O) groups excluding carboxylic acids is 2. The van der Waals surface area contributed by atoms with Gasteiger partial charge in [-0.15, -0.1) is 0 Å². The first-order valence-corrected chi connectivity index (χ1v) is 12.6. The normalized spacial score (nSPS) is 13.8. The molecule has 2 N–H and O–H groups in total. The summed E-state index contributed by atoms with van der Waals surface area (Å²) in [6, 6.07) is 23.1. The molecule has 6 heteroatoms. The van der Waals surface area contributed by atoms with Crippen LogP contribution in [0.5, 0.6) is 0 Å². The number of para-hydroxylation sites is 1. The van der Waals surface area contributed by atoms with E-state index in [0.717, 1.165) is 52.7 Å². The summed E-state index contributed by atoms with van der Waals surface area (Å²) in [5.41, 5.74) is 10.2. The van der Waals surface area contributed by atoms with Gasteiger partial charge in [0.1, 0.15) is 0 Å². The van der Waals surface area contributed by atoms with Gasteiger partial charge < -0.3 is 5.32 Å². The molecule has 1 aliphatic carbocycles. The van der Waals surface area contributed by atoms with Gasteiger partial charge in [-0.05, 0) is 80.6 Å². The number of benzene rings is 3. The minimum atomic E-state index is -0.308. The minimum Gasteiger partial charge on any atom is -0.326 e. The molecule has 2 amide bonds. The zero-order valence-corrected chi connectivity index (χ0v) is 21.3. The van der Waals surface area contributed by atoms with Gasteiger partial charge in [0, 0.05) is 22.6 Å². The van der Waals surface area contributed by atoms with Crippen LogP contribution in [0.3, 0.4) is 0 Å². The van der Waals surface area contributed by atoms with Crippen LogP contribution in [-0.4, -0.2) is 22.5 Å². The number of hydrogen-bond donors (Lipinski definition) is 2. The number of rotatable bonds is 6. The standard InChI is InChI=1S/C31H30N4O2/c1-19-14-15-24(16-20(19)2)29-18-27(26-12-4-5-13-28(26)33-29)31(37)35-34-21(3)23-10-7-11-25(17-23)32-30(36)22-8-6-9-22/h4-5,7,10-18,22H,6,8-9H2,1-3H3,(H,32,36)(H,35,37)/b34-21-. The van der Waals surface area contributed by atoms with Gasteiger partial charge in [-0.25, -0.2) is 10.4 Å². The average molecular weight is 491 g/mol. The summed E-state index contributed by atoms with van der Waals surface area (Å²) in [5.74, 6) is -0.130. The topological polar surface area (TPSA) is 83.4 Å². The molecule has 1 heterocycles. The molecule has 0 aliphatic heterocycles. The number of anilines is 1. The van der Waals surface area contributed by atoms with Gasteiger partial charge in [0.25, 0.3) is 5.91 Å². The quantitative estimate of drug-likeness (QED) is 0.242. The van der Waals surface area contributed by atoms with Crippen molar-refractivity contribution < 1.29 is 9.59 Å². The van der Waals surface area contributed by atoms with Crippen molar-refractivity contribution in [1.29, 1.82) is 0 Å². The lowest BCUT2D eigenvalue weighted by Gasteiger charge is -2.24. The lowest BCUT2D eigenvalue weighted by atomic mass is 9.85. The van der Waals surface area contributed by atoms with Gasteiger partial charge >= 0.3 is 0 Å². The molecule has 5 rings (SSSR count). The highest BCUT2D eigenvalue weighted by Gasteiger charge is 2.25. The summed E-state index contributed by atoms with van der Waals surface area (Å²) in [6.07, 6.45) is 3.02. The zero-order chi connectivity index (χ0) is 25.9. The highest BCUT2D eigenvalue weighted by molar-refractivity contribution is 6.08.